The number of alkyl halides is 3. The molecule has 6 rings (SSSR count). The second kappa shape index (κ2) is 11.9. The minimum Gasteiger partial charge on any atom is -0.377 e. The molecule has 3 heterocycles. The van der Waals surface area contributed by atoms with Crippen molar-refractivity contribution in [3.05, 3.63) is 90.4 Å². The molecule has 0 spiro atoms. The first-order chi connectivity index (χ1) is 21.5. The summed E-state index contributed by atoms with van der Waals surface area (Å²) in [5.74, 6) is 1.04. The molecular weight excluding hydrogens is 609 g/mol. The van der Waals surface area contributed by atoms with Crippen LogP contribution in [0.2, 0.25) is 0 Å². The SMILES string of the molecule is C[C@H]1COCCN1c1cc(C2(S(O)(O)c3ccncc3)CC2)nc(-c2ccc(NC(=O)Nc3ccc(C(F)(F)F)cc3)cc2)n1. The van der Waals surface area contributed by atoms with Crippen LogP contribution < -0.4 is 15.5 Å². The summed E-state index contributed by atoms with van der Waals surface area (Å²) >= 11 is 0. The quantitative estimate of drug-likeness (QED) is 0.166. The van der Waals surface area contributed by atoms with E-state index in [0.29, 0.717) is 66.1 Å². The zero-order valence-electron chi connectivity index (χ0n) is 24.2. The molecule has 4 N–H and O–H groups in total. The molecule has 0 radical (unpaired) electrons. The van der Waals surface area contributed by atoms with E-state index in [1.54, 1.807) is 36.4 Å². The van der Waals surface area contributed by atoms with Crippen LogP contribution in [-0.4, -0.2) is 55.9 Å². The second-order valence-electron chi connectivity index (χ2n) is 11.0. The third kappa shape index (κ3) is 6.31. The maximum Gasteiger partial charge on any atom is 0.416 e. The number of carbonyl (C=O) groups excluding carboxylic acids is 1. The summed E-state index contributed by atoms with van der Waals surface area (Å²) in [6, 6.07) is 15.4. The van der Waals surface area contributed by atoms with E-state index in [9.17, 15) is 27.1 Å². The van der Waals surface area contributed by atoms with E-state index in [4.69, 9.17) is 14.7 Å². The molecule has 2 fully saturated rings. The van der Waals surface area contributed by atoms with Crippen molar-refractivity contribution in [3.63, 3.8) is 0 Å². The largest absolute Gasteiger partial charge is 0.416 e. The number of morpholine rings is 1. The molecule has 14 heteroatoms. The van der Waals surface area contributed by atoms with Gasteiger partial charge in [0.1, 0.15) is 10.6 Å². The zero-order valence-corrected chi connectivity index (χ0v) is 25.0. The third-order valence-corrected chi connectivity index (χ3v) is 10.6. The van der Waals surface area contributed by atoms with E-state index in [-0.39, 0.29) is 11.7 Å². The molecule has 10 nitrogen and oxygen atoms in total. The van der Waals surface area contributed by atoms with E-state index in [2.05, 4.69) is 20.5 Å². The van der Waals surface area contributed by atoms with E-state index >= 15 is 0 Å². The van der Waals surface area contributed by atoms with Crippen LogP contribution in [0.15, 0.2) is 84.0 Å². The second-order valence-corrected chi connectivity index (χ2v) is 13.4. The lowest BCUT2D eigenvalue weighted by atomic mass is 10.1. The van der Waals surface area contributed by atoms with Gasteiger partial charge in [-0.1, -0.05) is 0 Å². The first-order valence-electron chi connectivity index (χ1n) is 14.2. The maximum atomic E-state index is 12.8. The van der Waals surface area contributed by atoms with Gasteiger partial charge in [0.25, 0.3) is 0 Å². The van der Waals surface area contributed by atoms with Crippen molar-refractivity contribution in [1.29, 1.82) is 0 Å². The minimum absolute atomic E-state index is 0.0415. The van der Waals surface area contributed by atoms with Gasteiger partial charge in [0, 0.05) is 41.9 Å². The summed E-state index contributed by atoms with van der Waals surface area (Å²) < 4.78 is 66.2. The van der Waals surface area contributed by atoms with Crippen molar-refractivity contribution < 1.29 is 31.8 Å². The topological polar surface area (TPSA) is 133 Å². The number of hydrogen-bond donors (Lipinski definition) is 4. The van der Waals surface area contributed by atoms with Gasteiger partial charge in [-0.3, -0.25) is 14.1 Å². The van der Waals surface area contributed by atoms with Crippen molar-refractivity contribution in [2.24, 2.45) is 0 Å². The van der Waals surface area contributed by atoms with Gasteiger partial charge in [-0.15, -0.1) is 0 Å². The molecule has 0 bridgehead atoms. The molecule has 2 amide bonds. The van der Waals surface area contributed by atoms with Crippen LogP contribution in [0.5, 0.6) is 0 Å². The Hall–Kier alpha value is -4.24. The number of anilines is 3. The van der Waals surface area contributed by atoms with Crippen molar-refractivity contribution in [3.8, 4) is 11.4 Å². The highest BCUT2D eigenvalue weighted by Gasteiger charge is 2.57. The van der Waals surface area contributed by atoms with Gasteiger partial charge in [-0.05, 0) is 80.4 Å². The normalized spacial score (nSPS) is 18.3. The lowest BCUT2D eigenvalue weighted by Gasteiger charge is -2.41. The van der Waals surface area contributed by atoms with Crippen LogP contribution >= 0.6 is 10.6 Å². The monoisotopic (exact) mass is 640 g/mol. The Bertz CT molecular complexity index is 1670. The minimum atomic E-state index is -4.47. The van der Waals surface area contributed by atoms with Gasteiger partial charge in [0.15, 0.2) is 5.82 Å². The van der Waals surface area contributed by atoms with Gasteiger partial charge in [-0.25, -0.2) is 14.8 Å². The predicted octanol–water partition coefficient (Wildman–Crippen LogP) is 7.23. The Kier molecular flexibility index (Phi) is 8.16. The average molecular weight is 641 g/mol. The summed E-state index contributed by atoms with van der Waals surface area (Å²) in [4.78, 5) is 28.8. The van der Waals surface area contributed by atoms with E-state index in [1.807, 2.05) is 13.0 Å². The lowest BCUT2D eigenvalue weighted by Crippen LogP contribution is -2.44. The smallest absolute Gasteiger partial charge is 0.377 e. The standard InChI is InChI=1S/C31H31F3N6O4S/c1-20-19-44-17-16-40(20)27-18-26(30(12-13-30)45(42,43)25-10-14-35-15-11-25)38-28(39-27)21-2-6-23(7-3-21)36-29(41)37-24-8-4-22(5-9-24)31(32,33)34/h2-11,14-15,18,20,42-43H,12-13,16-17,19H2,1H3,(H2,36,37,41)/t20-/m0/s1. The summed E-state index contributed by atoms with van der Waals surface area (Å²) in [6.45, 7) is 3.71. The molecule has 1 saturated carbocycles. The summed E-state index contributed by atoms with van der Waals surface area (Å²) in [5.41, 5.74) is 1.02. The van der Waals surface area contributed by atoms with Crippen LogP contribution in [-0.2, 0) is 15.7 Å². The van der Waals surface area contributed by atoms with Gasteiger partial charge >= 0.3 is 12.2 Å². The summed E-state index contributed by atoms with van der Waals surface area (Å²) in [6.07, 6.45) is -0.311. The molecule has 236 valence electrons. The first-order valence-corrected chi connectivity index (χ1v) is 15.8. The average Bonchev–Trinajstić information content (AvgIpc) is 3.85. The number of carbonyl (C=O) groups is 1. The maximum absolute atomic E-state index is 12.8. The number of benzene rings is 2. The van der Waals surface area contributed by atoms with Crippen LogP contribution in [0.1, 0.15) is 31.0 Å². The fourth-order valence-electron chi connectivity index (χ4n) is 5.30. The molecule has 1 aliphatic heterocycles. The summed E-state index contributed by atoms with van der Waals surface area (Å²) in [5, 5.41) is 5.18. The molecule has 0 unspecified atom stereocenters. The highest BCUT2D eigenvalue weighted by atomic mass is 32.3. The molecule has 2 aliphatic rings. The molecule has 2 aromatic heterocycles. The predicted molar refractivity (Wildman–Crippen MR) is 165 cm³/mol. The van der Waals surface area contributed by atoms with Gasteiger partial charge in [0.2, 0.25) is 0 Å². The number of halogens is 3. The number of pyridine rings is 1. The van der Waals surface area contributed by atoms with E-state index in [1.165, 1.54) is 24.5 Å². The van der Waals surface area contributed by atoms with E-state index < -0.39 is 33.1 Å². The highest BCUT2D eigenvalue weighted by molar-refractivity contribution is 8.25. The van der Waals surface area contributed by atoms with Crippen molar-refractivity contribution in [1.82, 2.24) is 15.0 Å². The molecule has 45 heavy (non-hydrogen) atoms. The molecular formula is C31H31F3N6O4S. The van der Waals surface area contributed by atoms with Crippen LogP contribution in [0.4, 0.5) is 35.2 Å². The highest BCUT2D eigenvalue weighted by Crippen LogP contribution is 2.75. The summed E-state index contributed by atoms with van der Waals surface area (Å²) in [7, 11) is -3.28. The number of rotatable bonds is 7. The Morgan fingerprint density at radius 2 is 1.60 bits per heavy atom. The Labute approximate surface area is 259 Å². The molecule has 1 saturated heterocycles. The number of ether oxygens (including phenoxy) is 1. The lowest BCUT2D eigenvalue weighted by molar-refractivity contribution is -0.137. The van der Waals surface area contributed by atoms with Gasteiger partial charge in [-0.2, -0.15) is 23.8 Å². The van der Waals surface area contributed by atoms with Crippen LogP contribution in [0.25, 0.3) is 11.4 Å². The van der Waals surface area contributed by atoms with Crippen molar-refractivity contribution in [2.45, 2.75) is 41.6 Å². The molecule has 1 atom stereocenters. The van der Waals surface area contributed by atoms with Gasteiger partial charge < -0.3 is 20.3 Å². The number of urea groups is 1. The Morgan fingerprint density at radius 1 is 0.978 bits per heavy atom. The number of nitrogens with zero attached hydrogens (tertiary/aromatic N) is 4. The number of amides is 2. The number of aromatic nitrogens is 3. The zero-order chi connectivity index (χ0) is 31.8. The fraction of sp³-hybridized carbons (Fsp3) is 0.290. The molecule has 4 aromatic rings. The van der Waals surface area contributed by atoms with Crippen molar-refractivity contribution >= 4 is 33.8 Å². The number of nitrogens with one attached hydrogen (secondary N) is 2. The number of hydrogen-bond acceptors (Lipinski definition) is 8. The Morgan fingerprint density at radius 3 is 2.18 bits per heavy atom. The van der Waals surface area contributed by atoms with Crippen LogP contribution in [0.3, 0.4) is 0 Å². The van der Waals surface area contributed by atoms with Crippen molar-refractivity contribution in [2.75, 3.05) is 35.3 Å². The first kappa shape index (κ1) is 30.8. The Balaban J connectivity index is 1.26. The molecule has 2 aromatic carbocycles. The van der Waals surface area contributed by atoms with Gasteiger partial charge in [0.05, 0.1) is 35.4 Å². The van der Waals surface area contributed by atoms with Crippen LogP contribution in [0, 0.1) is 0 Å². The molecule has 1 aliphatic carbocycles. The fourth-order valence-corrected chi connectivity index (χ4v) is 7.32. The third-order valence-electron chi connectivity index (χ3n) is 7.94. The van der Waals surface area contributed by atoms with E-state index in [0.717, 1.165) is 12.1 Å².